The van der Waals surface area contributed by atoms with E-state index in [1.165, 1.54) is 0 Å². The number of fused-ring (bicyclic) bond motifs is 2. The lowest BCUT2D eigenvalue weighted by Crippen LogP contribution is -2.31. The average Bonchev–Trinajstić information content (AvgIpc) is 2.90. The van der Waals surface area contributed by atoms with Crippen molar-refractivity contribution in [3.8, 4) is 5.75 Å². The maximum Gasteiger partial charge on any atom is 0.263 e. The highest BCUT2D eigenvalue weighted by molar-refractivity contribution is 7.91. The van der Waals surface area contributed by atoms with Crippen LogP contribution in [0.25, 0.3) is 0 Å². The van der Waals surface area contributed by atoms with Gasteiger partial charge in [0.1, 0.15) is 11.4 Å². The summed E-state index contributed by atoms with van der Waals surface area (Å²) in [7, 11) is 1.60. The van der Waals surface area contributed by atoms with E-state index >= 15 is 0 Å². The van der Waals surface area contributed by atoms with Crippen LogP contribution in [0.5, 0.6) is 5.75 Å². The Morgan fingerprint density at radius 1 is 1.06 bits per heavy atom. The van der Waals surface area contributed by atoms with E-state index in [0.29, 0.717) is 39.7 Å². The van der Waals surface area contributed by atoms with E-state index in [2.05, 4.69) is 5.32 Å². The first-order valence-electron chi connectivity index (χ1n) is 9.91. The molecule has 6 nitrogen and oxygen atoms in total. The van der Waals surface area contributed by atoms with E-state index in [9.17, 15) is 14.1 Å². The van der Waals surface area contributed by atoms with Crippen molar-refractivity contribution in [1.82, 2.24) is 5.32 Å². The number of hydrogen-bond acceptors (Lipinski definition) is 4. The highest BCUT2D eigenvalue weighted by Crippen LogP contribution is 2.37. The Hall–Kier alpha value is -3.29. The summed E-state index contributed by atoms with van der Waals surface area (Å²) in [6, 6.07) is 19.3. The van der Waals surface area contributed by atoms with Crippen LogP contribution in [-0.2, 0) is 17.7 Å². The first-order valence-corrected chi connectivity index (χ1v) is 11.1. The third kappa shape index (κ3) is 4.02. The van der Waals surface area contributed by atoms with E-state index in [1.54, 1.807) is 54.5 Å². The number of benzene rings is 3. The van der Waals surface area contributed by atoms with Crippen molar-refractivity contribution < 1.29 is 18.9 Å². The summed E-state index contributed by atoms with van der Waals surface area (Å²) in [6.07, 6.45) is 0. The second-order valence-electron chi connectivity index (χ2n) is 7.03. The number of hydrogen-bond donors (Lipinski definition) is 1. The summed E-state index contributed by atoms with van der Waals surface area (Å²) in [5.74, 6) is 0.259. The first-order chi connectivity index (χ1) is 15.0. The molecule has 1 heterocycles. The molecule has 1 aliphatic rings. The number of ether oxygens (including phenoxy) is 1. The third-order valence-electron chi connectivity index (χ3n) is 5.20. The molecule has 0 saturated heterocycles. The maximum absolute atomic E-state index is 13.2. The molecule has 1 N–H and O–H groups in total. The summed E-state index contributed by atoms with van der Waals surface area (Å²) in [6.45, 7) is 2.61. The number of nitrogens with one attached hydrogen (secondary N) is 1. The van der Waals surface area contributed by atoms with Crippen LogP contribution in [0.15, 0.2) is 76.5 Å². The standard InChI is InChI=1S/C24H22N2O4S/c1-3-26-20-14-17(23(27)25-15-16-8-11-18(30-2)12-9-16)10-13-22(20)31(29)21-7-5-4-6-19(21)24(26)28/h4-14H,3,15H2,1-2H3,(H,25,27)/t31-/m1/s1. The normalized spacial score (nSPS) is 15.0. The van der Waals surface area contributed by atoms with Crippen molar-refractivity contribution in [2.24, 2.45) is 0 Å². The lowest BCUT2D eigenvalue weighted by Gasteiger charge is -2.20. The van der Waals surface area contributed by atoms with Crippen molar-refractivity contribution in [2.45, 2.75) is 23.3 Å². The van der Waals surface area contributed by atoms with Gasteiger partial charge in [-0.05, 0) is 55.0 Å². The van der Waals surface area contributed by atoms with Gasteiger partial charge in [-0.25, -0.2) is 0 Å². The predicted octanol–water partition coefficient (Wildman–Crippen LogP) is 3.77. The first kappa shape index (κ1) is 21.0. The molecule has 0 spiro atoms. The van der Waals surface area contributed by atoms with Crippen LogP contribution in [0.3, 0.4) is 0 Å². The maximum atomic E-state index is 13.2. The second-order valence-corrected chi connectivity index (χ2v) is 8.44. The predicted molar refractivity (Wildman–Crippen MR) is 119 cm³/mol. The lowest BCUT2D eigenvalue weighted by molar-refractivity contribution is 0.0947. The molecule has 3 aromatic rings. The lowest BCUT2D eigenvalue weighted by atomic mass is 10.1. The van der Waals surface area contributed by atoms with Crippen LogP contribution < -0.4 is 15.0 Å². The fourth-order valence-corrected chi connectivity index (χ4v) is 4.89. The molecule has 0 fully saturated rings. The van der Waals surface area contributed by atoms with Gasteiger partial charge in [0.15, 0.2) is 9.79 Å². The molecule has 0 bridgehead atoms. The van der Waals surface area contributed by atoms with Crippen LogP contribution in [0.2, 0.25) is 0 Å². The van der Waals surface area contributed by atoms with Crippen LogP contribution in [0.4, 0.5) is 5.69 Å². The van der Waals surface area contributed by atoms with Crippen molar-refractivity contribution in [1.29, 1.82) is 0 Å². The fourth-order valence-electron chi connectivity index (χ4n) is 3.55. The molecule has 1 atom stereocenters. The Morgan fingerprint density at radius 2 is 1.81 bits per heavy atom. The largest absolute Gasteiger partial charge is 0.606 e. The molecule has 2 amide bonds. The molecule has 3 aromatic carbocycles. The summed E-state index contributed by atoms with van der Waals surface area (Å²) < 4.78 is 18.3. The summed E-state index contributed by atoms with van der Waals surface area (Å²) in [5.41, 5.74) is 2.26. The molecule has 158 valence electrons. The molecule has 0 radical (unpaired) electrons. The molecular weight excluding hydrogens is 412 g/mol. The molecule has 0 aromatic heterocycles. The quantitative estimate of drug-likeness (QED) is 0.620. The number of rotatable bonds is 5. The molecule has 4 rings (SSSR count). The van der Waals surface area contributed by atoms with Gasteiger partial charge in [0.25, 0.3) is 11.8 Å². The van der Waals surface area contributed by atoms with Gasteiger partial charge in [-0.1, -0.05) is 24.3 Å². The van der Waals surface area contributed by atoms with E-state index < -0.39 is 11.2 Å². The van der Waals surface area contributed by atoms with E-state index in [1.807, 2.05) is 31.2 Å². The van der Waals surface area contributed by atoms with Gasteiger partial charge in [-0.3, -0.25) is 9.59 Å². The topological polar surface area (TPSA) is 81.7 Å². The smallest absolute Gasteiger partial charge is 0.263 e. The zero-order chi connectivity index (χ0) is 22.0. The van der Waals surface area contributed by atoms with Crippen molar-refractivity contribution in [3.63, 3.8) is 0 Å². The summed E-state index contributed by atoms with van der Waals surface area (Å²) in [4.78, 5) is 28.5. The fraction of sp³-hybridized carbons (Fsp3) is 0.167. The Balaban J connectivity index is 1.62. The number of carbonyl (C=O) groups excluding carboxylic acids is 2. The van der Waals surface area contributed by atoms with Gasteiger partial charge in [0.05, 0.1) is 12.7 Å². The van der Waals surface area contributed by atoms with E-state index in [-0.39, 0.29) is 11.8 Å². The number of amides is 2. The number of carbonyl (C=O) groups is 2. The van der Waals surface area contributed by atoms with Gasteiger partial charge in [0.2, 0.25) is 0 Å². The number of anilines is 1. The number of methoxy groups -OCH3 is 1. The molecule has 31 heavy (non-hydrogen) atoms. The Bertz CT molecular complexity index is 1130. The minimum absolute atomic E-state index is 0.221. The zero-order valence-corrected chi connectivity index (χ0v) is 18.1. The van der Waals surface area contributed by atoms with Gasteiger partial charge in [-0.2, -0.15) is 0 Å². The van der Waals surface area contributed by atoms with Gasteiger partial charge in [-0.15, -0.1) is 0 Å². The SMILES string of the molecule is CCN1C(=O)c2ccccc2[S@@+]([O-])c2ccc(C(=O)NCc3ccc(OC)cc3)cc21. The van der Waals surface area contributed by atoms with E-state index in [4.69, 9.17) is 4.74 Å². The van der Waals surface area contributed by atoms with Gasteiger partial charge < -0.3 is 19.5 Å². The zero-order valence-electron chi connectivity index (χ0n) is 17.3. The molecular formula is C24H22N2O4S. The Morgan fingerprint density at radius 3 is 2.52 bits per heavy atom. The van der Waals surface area contributed by atoms with Crippen molar-refractivity contribution >= 4 is 28.7 Å². The van der Waals surface area contributed by atoms with Gasteiger partial charge in [0, 0.05) is 29.8 Å². The molecule has 1 aliphatic heterocycles. The summed E-state index contributed by atoms with van der Waals surface area (Å²) >= 11 is -1.51. The third-order valence-corrected chi connectivity index (χ3v) is 6.70. The van der Waals surface area contributed by atoms with Crippen LogP contribution >= 0.6 is 0 Å². The van der Waals surface area contributed by atoms with Gasteiger partial charge >= 0.3 is 0 Å². The van der Waals surface area contributed by atoms with Crippen molar-refractivity contribution in [3.05, 3.63) is 83.4 Å². The molecule has 0 unspecified atom stereocenters. The average molecular weight is 435 g/mol. The molecule has 0 saturated carbocycles. The van der Waals surface area contributed by atoms with Crippen LogP contribution in [0, 0.1) is 0 Å². The van der Waals surface area contributed by atoms with Crippen LogP contribution in [0.1, 0.15) is 33.2 Å². The number of nitrogens with zero attached hydrogens (tertiary/aromatic N) is 1. The van der Waals surface area contributed by atoms with Crippen LogP contribution in [-0.4, -0.2) is 30.0 Å². The van der Waals surface area contributed by atoms with Crippen molar-refractivity contribution in [2.75, 3.05) is 18.6 Å². The summed E-state index contributed by atoms with van der Waals surface area (Å²) in [5, 5.41) is 2.89. The molecule has 7 heteroatoms. The minimum atomic E-state index is -1.51. The monoisotopic (exact) mass is 434 g/mol. The highest BCUT2D eigenvalue weighted by atomic mass is 32.2. The van der Waals surface area contributed by atoms with E-state index in [0.717, 1.165) is 11.3 Å². The Labute approximate surface area is 184 Å². The molecule has 0 aliphatic carbocycles. The minimum Gasteiger partial charge on any atom is -0.606 e. The Kier molecular flexibility index (Phi) is 5.97. The highest BCUT2D eigenvalue weighted by Gasteiger charge is 2.35. The second kappa shape index (κ2) is 8.83.